The van der Waals surface area contributed by atoms with Gasteiger partial charge in [-0.25, -0.2) is 4.68 Å². The van der Waals surface area contributed by atoms with Crippen molar-refractivity contribution in [3.05, 3.63) is 41.6 Å². The Morgan fingerprint density at radius 3 is 2.75 bits per heavy atom. The van der Waals surface area contributed by atoms with Crippen molar-refractivity contribution in [1.82, 2.24) is 15.1 Å². The molecule has 128 valence electrons. The van der Waals surface area contributed by atoms with Crippen LogP contribution in [0.15, 0.2) is 36.5 Å². The molecular weight excluding hydrogens is 330 g/mol. The van der Waals surface area contributed by atoms with Gasteiger partial charge in [0.1, 0.15) is 5.82 Å². The lowest BCUT2D eigenvalue weighted by molar-refractivity contribution is -0.125. The first kappa shape index (κ1) is 18.0. The molecule has 7 nitrogen and oxygen atoms in total. The van der Waals surface area contributed by atoms with E-state index in [1.165, 1.54) is 0 Å². The van der Waals surface area contributed by atoms with Crippen molar-refractivity contribution in [2.45, 2.75) is 19.9 Å². The molecule has 0 fully saturated rings. The molecule has 0 aliphatic carbocycles. The standard InChI is InChI=1S/C16H20ClN5O2/c1-10(2)15(18)16(24)19-9-14(23)21-13-6-7-20-22(13)12-5-3-4-11(17)8-12/h3-8,10,15H,9,18H2,1-2H3,(H,19,24)(H,21,23)/t15-/m0/s1. The summed E-state index contributed by atoms with van der Waals surface area (Å²) in [6, 6.07) is 8.10. The normalized spacial score (nSPS) is 12.0. The maximum absolute atomic E-state index is 12.0. The number of nitrogens with one attached hydrogen (secondary N) is 2. The summed E-state index contributed by atoms with van der Waals surface area (Å²) in [4.78, 5) is 23.8. The number of nitrogens with zero attached hydrogens (tertiary/aromatic N) is 2. The smallest absolute Gasteiger partial charge is 0.244 e. The second-order valence-electron chi connectivity index (χ2n) is 5.64. The lowest BCUT2D eigenvalue weighted by Gasteiger charge is -2.15. The highest BCUT2D eigenvalue weighted by atomic mass is 35.5. The maximum atomic E-state index is 12.0. The molecule has 2 aromatic rings. The minimum atomic E-state index is -0.644. The molecule has 0 saturated heterocycles. The number of hydrogen-bond acceptors (Lipinski definition) is 4. The number of rotatable bonds is 6. The Balaban J connectivity index is 1.99. The predicted molar refractivity (Wildman–Crippen MR) is 93.0 cm³/mol. The average molecular weight is 350 g/mol. The lowest BCUT2D eigenvalue weighted by Crippen LogP contribution is -2.46. The van der Waals surface area contributed by atoms with Crippen LogP contribution in [0.3, 0.4) is 0 Å². The van der Waals surface area contributed by atoms with E-state index in [0.717, 1.165) is 0 Å². The average Bonchev–Trinajstić information content (AvgIpc) is 2.99. The minimum Gasteiger partial charge on any atom is -0.346 e. The van der Waals surface area contributed by atoms with Crippen molar-refractivity contribution < 1.29 is 9.59 Å². The van der Waals surface area contributed by atoms with E-state index in [1.807, 2.05) is 19.9 Å². The summed E-state index contributed by atoms with van der Waals surface area (Å²) in [7, 11) is 0. The Hall–Kier alpha value is -2.38. The van der Waals surface area contributed by atoms with Crippen molar-refractivity contribution in [3.8, 4) is 5.69 Å². The fraction of sp³-hybridized carbons (Fsp3) is 0.312. The van der Waals surface area contributed by atoms with Crippen LogP contribution >= 0.6 is 11.6 Å². The number of aromatic nitrogens is 2. The number of hydrogen-bond donors (Lipinski definition) is 3. The number of amides is 2. The summed E-state index contributed by atoms with van der Waals surface area (Å²) in [5.74, 6) is -0.256. The van der Waals surface area contributed by atoms with E-state index >= 15 is 0 Å². The molecule has 0 saturated carbocycles. The van der Waals surface area contributed by atoms with Gasteiger partial charge in [0, 0.05) is 11.1 Å². The van der Waals surface area contributed by atoms with E-state index in [0.29, 0.717) is 16.5 Å². The molecule has 24 heavy (non-hydrogen) atoms. The summed E-state index contributed by atoms with van der Waals surface area (Å²) in [5.41, 5.74) is 6.44. The van der Waals surface area contributed by atoms with E-state index < -0.39 is 6.04 Å². The van der Waals surface area contributed by atoms with Gasteiger partial charge < -0.3 is 16.4 Å². The van der Waals surface area contributed by atoms with Crippen molar-refractivity contribution in [3.63, 3.8) is 0 Å². The highest BCUT2D eigenvalue weighted by Gasteiger charge is 2.18. The first-order valence-electron chi connectivity index (χ1n) is 7.51. The molecule has 1 heterocycles. The zero-order valence-corrected chi connectivity index (χ0v) is 14.2. The van der Waals surface area contributed by atoms with E-state index in [2.05, 4.69) is 15.7 Å². The van der Waals surface area contributed by atoms with Gasteiger partial charge in [0.2, 0.25) is 11.8 Å². The number of anilines is 1. The molecule has 4 N–H and O–H groups in total. The number of carbonyl (C=O) groups is 2. The van der Waals surface area contributed by atoms with Gasteiger partial charge in [-0.15, -0.1) is 0 Å². The van der Waals surface area contributed by atoms with Crippen LogP contribution in [0.2, 0.25) is 5.02 Å². The topological polar surface area (TPSA) is 102 Å². The molecule has 0 unspecified atom stereocenters. The molecule has 1 aromatic carbocycles. The maximum Gasteiger partial charge on any atom is 0.244 e. The van der Waals surface area contributed by atoms with Gasteiger partial charge in [-0.3, -0.25) is 9.59 Å². The summed E-state index contributed by atoms with van der Waals surface area (Å²) in [6.07, 6.45) is 1.56. The summed E-state index contributed by atoms with van der Waals surface area (Å²) < 4.78 is 1.55. The van der Waals surface area contributed by atoms with Gasteiger partial charge >= 0.3 is 0 Å². The Kier molecular flexibility index (Phi) is 5.94. The minimum absolute atomic E-state index is 0.00248. The molecule has 0 bridgehead atoms. The van der Waals surface area contributed by atoms with Crippen LogP contribution < -0.4 is 16.4 Å². The van der Waals surface area contributed by atoms with Gasteiger partial charge in [0.05, 0.1) is 24.5 Å². The largest absolute Gasteiger partial charge is 0.346 e. The molecule has 0 aliphatic rings. The van der Waals surface area contributed by atoms with E-state index in [-0.39, 0.29) is 24.3 Å². The number of halogens is 1. The fourth-order valence-electron chi connectivity index (χ4n) is 1.99. The van der Waals surface area contributed by atoms with Crippen LogP contribution in [0.4, 0.5) is 5.82 Å². The predicted octanol–water partition coefficient (Wildman–Crippen LogP) is 1.56. The SMILES string of the molecule is CC(C)[C@H](N)C(=O)NCC(=O)Nc1ccnn1-c1cccc(Cl)c1. The zero-order valence-electron chi connectivity index (χ0n) is 13.5. The van der Waals surface area contributed by atoms with E-state index in [1.54, 1.807) is 35.1 Å². The summed E-state index contributed by atoms with van der Waals surface area (Å²) >= 11 is 5.97. The molecule has 2 amide bonds. The monoisotopic (exact) mass is 349 g/mol. The number of benzene rings is 1. The second-order valence-corrected chi connectivity index (χ2v) is 6.08. The zero-order chi connectivity index (χ0) is 17.7. The van der Waals surface area contributed by atoms with Crippen molar-refractivity contribution in [2.75, 3.05) is 11.9 Å². The van der Waals surface area contributed by atoms with Gasteiger partial charge in [-0.1, -0.05) is 31.5 Å². The van der Waals surface area contributed by atoms with Gasteiger partial charge in [-0.05, 0) is 24.1 Å². The van der Waals surface area contributed by atoms with Gasteiger partial charge in [-0.2, -0.15) is 5.10 Å². The molecule has 0 spiro atoms. The second kappa shape index (κ2) is 7.94. The van der Waals surface area contributed by atoms with Crippen LogP contribution in [0.25, 0.3) is 5.69 Å². The highest BCUT2D eigenvalue weighted by molar-refractivity contribution is 6.30. The van der Waals surface area contributed by atoms with Crippen molar-refractivity contribution >= 4 is 29.2 Å². The van der Waals surface area contributed by atoms with E-state index in [9.17, 15) is 9.59 Å². The fourth-order valence-corrected chi connectivity index (χ4v) is 2.17. The molecule has 2 rings (SSSR count). The molecule has 0 aliphatic heterocycles. The Bertz CT molecular complexity index is 729. The third kappa shape index (κ3) is 4.56. The Morgan fingerprint density at radius 1 is 1.33 bits per heavy atom. The van der Waals surface area contributed by atoms with E-state index in [4.69, 9.17) is 17.3 Å². The van der Waals surface area contributed by atoms with Crippen molar-refractivity contribution in [1.29, 1.82) is 0 Å². The molecule has 1 aromatic heterocycles. The molecule has 0 radical (unpaired) electrons. The number of carbonyl (C=O) groups excluding carboxylic acids is 2. The third-order valence-corrected chi connectivity index (χ3v) is 3.64. The van der Waals surface area contributed by atoms with Gasteiger partial charge in [0.25, 0.3) is 0 Å². The van der Waals surface area contributed by atoms with Crippen LogP contribution in [-0.2, 0) is 9.59 Å². The summed E-state index contributed by atoms with van der Waals surface area (Å²) in [6.45, 7) is 3.52. The Labute approximate surface area is 145 Å². The molecule has 8 heteroatoms. The summed E-state index contributed by atoms with van der Waals surface area (Å²) in [5, 5.41) is 9.94. The van der Waals surface area contributed by atoms with Crippen LogP contribution in [0.5, 0.6) is 0 Å². The number of nitrogens with two attached hydrogens (primary N) is 1. The molecular formula is C16H20ClN5O2. The first-order chi connectivity index (χ1) is 11.4. The molecule has 1 atom stereocenters. The highest BCUT2D eigenvalue weighted by Crippen LogP contribution is 2.18. The van der Waals surface area contributed by atoms with Crippen LogP contribution in [0, 0.1) is 5.92 Å². The van der Waals surface area contributed by atoms with Crippen molar-refractivity contribution in [2.24, 2.45) is 11.7 Å². The quantitative estimate of drug-likeness (QED) is 0.736. The first-order valence-corrected chi connectivity index (χ1v) is 7.89. The van der Waals surface area contributed by atoms with Crippen LogP contribution in [-0.4, -0.2) is 34.2 Å². The van der Waals surface area contributed by atoms with Crippen LogP contribution in [0.1, 0.15) is 13.8 Å². The Morgan fingerprint density at radius 2 is 2.08 bits per heavy atom. The lowest BCUT2D eigenvalue weighted by atomic mass is 10.1. The van der Waals surface area contributed by atoms with Gasteiger partial charge in [0.15, 0.2) is 0 Å². The third-order valence-electron chi connectivity index (χ3n) is 3.41.